The molecule has 0 aliphatic carbocycles. The Kier molecular flexibility index (Phi) is 6.31. The van der Waals surface area contributed by atoms with E-state index in [1.807, 2.05) is 6.07 Å². The number of rotatable bonds is 7. The van der Waals surface area contributed by atoms with Gasteiger partial charge in [-0.3, -0.25) is 4.90 Å². The number of hydrogen-bond donors (Lipinski definition) is 1. The van der Waals surface area contributed by atoms with Gasteiger partial charge in [-0.25, -0.2) is 0 Å². The summed E-state index contributed by atoms with van der Waals surface area (Å²) in [4.78, 5) is 3.59. The molecule has 18 heavy (non-hydrogen) atoms. The number of aliphatic hydroxyl groups is 1. The summed E-state index contributed by atoms with van der Waals surface area (Å²) >= 11 is 5.25. The van der Waals surface area contributed by atoms with E-state index in [-0.39, 0.29) is 11.6 Å². The fraction of sp³-hybridized carbons (Fsp3) is 0.714. The number of aliphatic hydroxyl groups excluding tert-OH is 1. The second-order valence-corrected chi connectivity index (χ2v) is 6.65. The standard InChI is InChI=1S/C14H24BrNOS/c1-5-14(4,16(6-2)7-3)13(17)10-12-11(15)8-9-18-12/h8-9,13,17H,5-7,10H2,1-4H3. The van der Waals surface area contributed by atoms with Gasteiger partial charge in [-0.2, -0.15) is 0 Å². The van der Waals surface area contributed by atoms with Crippen LogP contribution in [0.4, 0.5) is 0 Å². The highest BCUT2D eigenvalue weighted by Gasteiger charge is 2.36. The van der Waals surface area contributed by atoms with Gasteiger partial charge in [0.25, 0.3) is 0 Å². The average molecular weight is 334 g/mol. The molecular formula is C14H24BrNOS. The zero-order valence-corrected chi connectivity index (χ0v) is 14.1. The van der Waals surface area contributed by atoms with E-state index >= 15 is 0 Å². The lowest BCUT2D eigenvalue weighted by Gasteiger charge is -2.43. The quantitative estimate of drug-likeness (QED) is 0.817. The molecule has 1 rings (SSSR count). The molecule has 0 saturated carbocycles. The first-order chi connectivity index (χ1) is 8.49. The number of nitrogens with zero attached hydrogens (tertiary/aromatic N) is 1. The van der Waals surface area contributed by atoms with Crippen LogP contribution in [0.5, 0.6) is 0 Å². The van der Waals surface area contributed by atoms with Crippen LogP contribution in [0.15, 0.2) is 15.9 Å². The molecule has 0 saturated heterocycles. The van der Waals surface area contributed by atoms with E-state index in [1.165, 1.54) is 4.88 Å². The maximum absolute atomic E-state index is 10.6. The highest BCUT2D eigenvalue weighted by atomic mass is 79.9. The van der Waals surface area contributed by atoms with Gasteiger partial charge in [0.05, 0.1) is 6.10 Å². The Morgan fingerprint density at radius 3 is 2.39 bits per heavy atom. The largest absolute Gasteiger partial charge is 0.391 e. The summed E-state index contributed by atoms with van der Waals surface area (Å²) in [6, 6.07) is 2.05. The number of hydrogen-bond acceptors (Lipinski definition) is 3. The molecule has 0 amide bonds. The number of thiophene rings is 1. The number of likely N-dealkylation sites (N-methyl/N-ethyl adjacent to an activating group) is 1. The van der Waals surface area contributed by atoms with E-state index in [0.717, 1.165) is 30.4 Å². The summed E-state index contributed by atoms with van der Waals surface area (Å²) in [5, 5.41) is 12.7. The predicted molar refractivity (Wildman–Crippen MR) is 83.3 cm³/mol. The summed E-state index contributed by atoms with van der Waals surface area (Å²) in [6.07, 6.45) is 1.34. The van der Waals surface area contributed by atoms with Gasteiger partial charge in [0.2, 0.25) is 0 Å². The summed E-state index contributed by atoms with van der Waals surface area (Å²) in [5.41, 5.74) is -0.146. The first-order valence-corrected chi connectivity index (χ1v) is 8.31. The highest BCUT2D eigenvalue weighted by molar-refractivity contribution is 9.10. The molecule has 2 unspecified atom stereocenters. The van der Waals surface area contributed by atoms with Gasteiger partial charge in [0, 0.05) is 21.3 Å². The van der Waals surface area contributed by atoms with E-state index in [9.17, 15) is 5.11 Å². The molecule has 104 valence electrons. The second-order valence-electron chi connectivity index (χ2n) is 4.79. The summed E-state index contributed by atoms with van der Waals surface area (Å²) in [6.45, 7) is 10.6. The van der Waals surface area contributed by atoms with E-state index in [0.29, 0.717) is 0 Å². The van der Waals surface area contributed by atoms with Gasteiger partial charge >= 0.3 is 0 Å². The third-order valence-corrected chi connectivity index (χ3v) is 5.94. The van der Waals surface area contributed by atoms with Gasteiger partial charge in [-0.05, 0) is 53.8 Å². The van der Waals surface area contributed by atoms with Crippen molar-refractivity contribution in [2.45, 2.75) is 52.2 Å². The topological polar surface area (TPSA) is 23.5 Å². The summed E-state index contributed by atoms with van der Waals surface area (Å²) in [7, 11) is 0. The van der Waals surface area contributed by atoms with Crippen molar-refractivity contribution in [1.29, 1.82) is 0 Å². The lowest BCUT2D eigenvalue weighted by molar-refractivity contribution is -0.0187. The molecule has 0 aromatic carbocycles. The Morgan fingerprint density at radius 2 is 2.00 bits per heavy atom. The van der Waals surface area contributed by atoms with Crippen LogP contribution in [0.2, 0.25) is 0 Å². The van der Waals surface area contributed by atoms with Crippen LogP contribution in [0.25, 0.3) is 0 Å². The maximum atomic E-state index is 10.6. The van der Waals surface area contributed by atoms with Gasteiger partial charge in [-0.1, -0.05) is 20.8 Å². The van der Waals surface area contributed by atoms with Gasteiger partial charge < -0.3 is 5.11 Å². The minimum Gasteiger partial charge on any atom is -0.391 e. The monoisotopic (exact) mass is 333 g/mol. The molecule has 1 aromatic heterocycles. The lowest BCUT2D eigenvalue weighted by Crippen LogP contribution is -2.54. The third-order valence-electron chi connectivity index (χ3n) is 3.99. The smallest absolute Gasteiger partial charge is 0.0769 e. The summed E-state index contributed by atoms with van der Waals surface area (Å²) in [5.74, 6) is 0. The molecule has 0 aliphatic rings. The first-order valence-electron chi connectivity index (χ1n) is 6.64. The van der Waals surface area contributed by atoms with Crippen LogP contribution in [0.3, 0.4) is 0 Å². The molecule has 1 heterocycles. The van der Waals surface area contributed by atoms with Crippen molar-refractivity contribution in [2.24, 2.45) is 0 Å². The van der Waals surface area contributed by atoms with E-state index < -0.39 is 0 Å². The highest BCUT2D eigenvalue weighted by Crippen LogP contribution is 2.30. The Labute approximate surface area is 123 Å². The van der Waals surface area contributed by atoms with E-state index in [1.54, 1.807) is 11.3 Å². The molecular weight excluding hydrogens is 310 g/mol. The Morgan fingerprint density at radius 1 is 1.39 bits per heavy atom. The fourth-order valence-electron chi connectivity index (χ4n) is 2.48. The summed E-state index contributed by atoms with van der Waals surface area (Å²) < 4.78 is 1.12. The average Bonchev–Trinajstić information content (AvgIpc) is 2.76. The minimum atomic E-state index is -0.336. The van der Waals surface area contributed by atoms with Gasteiger partial charge in [0.15, 0.2) is 0 Å². The van der Waals surface area contributed by atoms with E-state index in [4.69, 9.17) is 0 Å². The van der Waals surface area contributed by atoms with Crippen LogP contribution in [0, 0.1) is 0 Å². The van der Waals surface area contributed by atoms with Crippen LogP contribution in [0.1, 0.15) is 39.0 Å². The molecule has 0 bridgehead atoms. The molecule has 0 radical (unpaired) electrons. The molecule has 4 heteroatoms. The van der Waals surface area contributed by atoms with E-state index in [2.05, 4.69) is 53.9 Å². The predicted octanol–water partition coefficient (Wildman–Crippen LogP) is 3.92. The SMILES string of the molecule is CCN(CC)C(C)(CC)C(O)Cc1sccc1Br. The molecule has 2 atom stereocenters. The van der Waals surface area contributed by atoms with Crippen LogP contribution >= 0.6 is 27.3 Å². The van der Waals surface area contributed by atoms with Crippen molar-refractivity contribution in [3.05, 3.63) is 20.8 Å². The van der Waals surface area contributed by atoms with Crippen LogP contribution in [-0.4, -0.2) is 34.7 Å². The molecule has 0 aliphatic heterocycles. The molecule has 2 nitrogen and oxygen atoms in total. The Bertz CT molecular complexity index is 364. The lowest BCUT2D eigenvalue weighted by atomic mass is 9.87. The van der Waals surface area contributed by atoms with Crippen molar-refractivity contribution in [1.82, 2.24) is 4.90 Å². The normalized spacial score (nSPS) is 16.8. The first kappa shape index (κ1) is 16.2. The second kappa shape index (κ2) is 7.04. The van der Waals surface area contributed by atoms with Crippen molar-refractivity contribution in [3.8, 4) is 0 Å². The zero-order chi connectivity index (χ0) is 13.8. The van der Waals surface area contributed by atoms with Crippen LogP contribution in [-0.2, 0) is 6.42 Å². The Balaban J connectivity index is 2.84. The van der Waals surface area contributed by atoms with Gasteiger partial charge in [0.1, 0.15) is 0 Å². The fourth-order valence-corrected chi connectivity index (χ4v) is 4.03. The van der Waals surface area contributed by atoms with Crippen molar-refractivity contribution in [2.75, 3.05) is 13.1 Å². The maximum Gasteiger partial charge on any atom is 0.0769 e. The molecule has 0 spiro atoms. The van der Waals surface area contributed by atoms with Crippen molar-refractivity contribution < 1.29 is 5.11 Å². The van der Waals surface area contributed by atoms with Gasteiger partial charge in [-0.15, -0.1) is 11.3 Å². The number of halogens is 1. The zero-order valence-electron chi connectivity index (χ0n) is 11.7. The Hall–Kier alpha value is 0.100. The molecule has 1 N–H and O–H groups in total. The third kappa shape index (κ3) is 3.35. The minimum absolute atomic E-state index is 0.146. The van der Waals surface area contributed by atoms with Crippen molar-refractivity contribution in [3.63, 3.8) is 0 Å². The molecule has 0 fully saturated rings. The molecule has 1 aromatic rings. The van der Waals surface area contributed by atoms with Crippen LogP contribution < -0.4 is 0 Å². The van der Waals surface area contributed by atoms with Crippen molar-refractivity contribution >= 4 is 27.3 Å².